The monoisotopic (exact) mass is 1350 g/mol. The van der Waals surface area contributed by atoms with E-state index in [2.05, 4.69) is 43.5 Å². The molecule has 2 atom stereocenters. The predicted molar refractivity (Wildman–Crippen MR) is 426 cm³/mol. The fourth-order valence-electron chi connectivity index (χ4n) is 14.5. The van der Waals surface area contributed by atoms with Crippen molar-refractivity contribution in [2.24, 2.45) is 0 Å². The number of aliphatic hydroxyl groups is 2. The van der Waals surface area contributed by atoms with Gasteiger partial charge in [-0.05, 0) is 77.0 Å². The van der Waals surface area contributed by atoms with Crippen molar-refractivity contribution in [2.75, 3.05) is 13.2 Å². The summed E-state index contributed by atoms with van der Waals surface area (Å²) in [6.45, 7) is 5.01. The maximum atomic E-state index is 12.6. The molecule has 0 aromatic heterocycles. The summed E-state index contributed by atoms with van der Waals surface area (Å²) in [5.74, 6) is -0.00359. The summed E-state index contributed by atoms with van der Waals surface area (Å²) in [7, 11) is 0. The van der Waals surface area contributed by atoms with E-state index in [1.54, 1.807) is 0 Å². The molecule has 0 aliphatic rings. The lowest BCUT2D eigenvalue weighted by Crippen LogP contribution is -2.45. The molecule has 1 amide bonds. The van der Waals surface area contributed by atoms with E-state index < -0.39 is 12.1 Å². The summed E-state index contributed by atoms with van der Waals surface area (Å²) in [6, 6.07) is -0.540. The van der Waals surface area contributed by atoms with Crippen LogP contribution in [0.2, 0.25) is 0 Å². The largest absolute Gasteiger partial charge is 0.466 e. The van der Waals surface area contributed by atoms with Gasteiger partial charge in [-0.15, -0.1) is 0 Å². The van der Waals surface area contributed by atoms with Gasteiger partial charge in [0, 0.05) is 12.8 Å². The van der Waals surface area contributed by atoms with Gasteiger partial charge in [0.1, 0.15) is 0 Å². The molecule has 0 rings (SSSR count). The Morgan fingerprint density at radius 1 is 0.281 bits per heavy atom. The first-order valence-corrected chi connectivity index (χ1v) is 44.6. The van der Waals surface area contributed by atoms with E-state index in [0.29, 0.717) is 25.9 Å². The van der Waals surface area contributed by atoms with Crippen molar-refractivity contribution in [1.29, 1.82) is 0 Å². The Morgan fingerprint density at radius 3 is 0.740 bits per heavy atom. The number of carbonyl (C=O) groups excluding carboxylic acids is 2. The first-order valence-electron chi connectivity index (χ1n) is 44.6. The SMILES string of the molecule is CCCCCCCC/C=C\CCCCCCCCCCCC(=O)OCCCCCCCCCCCCCCCC/C=C\CCCCCCCCCCCCCCCCCCCC(=O)NC(CO)C(O)CCCCCCCCCCCCCCCCCCCCCCCCCCC. The molecule has 0 saturated heterocycles. The Balaban J connectivity index is 3.33. The molecule has 0 aromatic rings. The molecule has 0 spiro atoms. The summed E-state index contributed by atoms with van der Waals surface area (Å²) < 4.78 is 5.52. The van der Waals surface area contributed by atoms with Gasteiger partial charge in [0.05, 0.1) is 25.4 Å². The minimum Gasteiger partial charge on any atom is -0.466 e. The highest BCUT2D eigenvalue weighted by Gasteiger charge is 2.20. The molecule has 6 heteroatoms. The van der Waals surface area contributed by atoms with Crippen molar-refractivity contribution < 1.29 is 24.5 Å². The van der Waals surface area contributed by atoms with E-state index in [9.17, 15) is 19.8 Å². The molecule has 0 saturated carbocycles. The third-order valence-electron chi connectivity index (χ3n) is 21.2. The lowest BCUT2D eigenvalue weighted by molar-refractivity contribution is -0.143. The van der Waals surface area contributed by atoms with Gasteiger partial charge < -0.3 is 20.3 Å². The Bertz CT molecular complexity index is 1510. The van der Waals surface area contributed by atoms with E-state index >= 15 is 0 Å². The molecular weight excluding hydrogens is 1170 g/mol. The second kappa shape index (κ2) is 85.8. The van der Waals surface area contributed by atoms with Crippen molar-refractivity contribution in [1.82, 2.24) is 5.32 Å². The van der Waals surface area contributed by atoms with Crippen LogP contribution in [0.1, 0.15) is 515 Å². The maximum absolute atomic E-state index is 12.6. The highest BCUT2D eigenvalue weighted by atomic mass is 16.5. The Hall–Kier alpha value is -1.66. The number of unbranched alkanes of at least 4 members (excludes halogenated alkanes) is 70. The van der Waals surface area contributed by atoms with Crippen LogP contribution in [0.25, 0.3) is 0 Å². The minimum atomic E-state index is -0.663. The second-order valence-corrected chi connectivity index (χ2v) is 30.9. The molecule has 3 N–H and O–H groups in total. The van der Waals surface area contributed by atoms with Gasteiger partial charge in [-0.1, -0.05) is 449 Å². The first-order chi connectivity index (χ1) is 47.5. The Morgan fingerprint density at radius 2 is 0.490 bits per heavy atom. The van der Waals surface area contributed by atoms with Gasteiger partial charge in [-0.2, -0.15) is 0 Å². The fraction of sp³-hybridized carbons (Fsp3) is 0.933. The van der Waals surface area contributed by atoms with Gasteiger partial charge in [-0.25, -0.2) is 0 Å². The van der Waals surface area contributed by atoms with Gasteiger partial charge >= 0.3 is 5.97 Å². The van der Waals surface area contributed by atoms with Crippen molar-refractivity contribution in [2.45, 2.75) is 527 Å². The van der Waals surface area contributed by atoms with Crippen LogP contribution in [0, 0.1) is 0 Å². The minimum absolute atomic E-state index is 0.0212. The summed E-state index contributed by atoms with van der Waals surface area (Å²) in [6.07, 6.45) is 112. The molecule has 570 valence electrons. The molecular formula is C90H175NO5. The van der Waals surface area contributed by atoms with E-state index in [1.165, 1.54) is 443 Å². The number of rotatable bonds is 85. The normalized spacial score (nSPS) is 12.5. The zero-order valence-electron chi connectivity index (χ0n) is 65.7. The number of hydrogen-bond acceptors (Lipinski definition) is 5. The van der Waals surface area contributed by atoms with Crippen LogP contribution in [0.5, 0.6) is 0 Å². The fourth-order valence-corrected chi connectivity index (χ4v) is 14.5. The van der Waals surface area contributed by atoms with Crippen LogP contribution in [-0.2, 0) is 14.3 Å². The van der Waals surface area contributed by atoms with Crippen molar-refractivity contribution >= 4 is 11.9 Å². The summed E-state index contributed by atoms with van der Waals surface area (Å²) in [5.41, 5.74) is 0. The lowest BCUT2D eigenvalue weighted by Gasteiger charge is -2.22. The first kappa shape index (κ1) is 94.3. The zero-order chi connectivity index (χ0) is 69.1. The maximum Gasteiger partial charge on any atom is 0.305 e. The lowest BCUT2D eigenvalue weighted by atomic mass is 10.0. The Kier molecular flexibility index (Phi) is 84.3. The van der Waals surface area contributed by atoms with Crippen LogP contribution < -0.4 is 5.32 Å². The molecule has 6 nitrogen and oxygen atoms in total. The Labute approximate surface area is 602 Å². The molecule has 2 unspecified atom stereocenters. The molecule has 0 heterocycles. The molecule has 0 radical (unpaired) electrons. The van der Waals surface area contributed by atoms with Gasteiger partial charge in [0.25, 0.3) is 0 Å². The average Bonchev–Trinajstić information content (AvgIpc) is 3.16. The number of nitrogens with one attached hydrogen (secondary N) is 1. The number of allylic oxidation sites excluding steroid dienone is 4. The zero-order valence-corrected chi connectivity index (χ0v) is 65.7. The topological polar surface area (TPSA) is 95.9 Å². The third-order valence-corrected chi connectivity index (χ3v) is 21.2. The smallest absolute Gasteiger partial charge is 0.305 e. The quantitative estimate of drug-likeness (QED) is 0.0320. The standard InChI is InChI=1S/C90H175NO5/c1-3-5-7-9-11-13-15-17-19-21-23-24-25-37-40-43-47-50-54-58-62-66-70-74-78-82-88(93)87(86-92)91-89(94)83-79-75-71-67-63-59-55-51-48-44-41-38-35-33-31-29-27-26-28-30-32-34-36-39-42-45-49-53-57-61-65-69-73-77-81-85-96-90(95)84-80-76-72-68-64-60-56-52-46-22-20-18-16-14-12-10-8-6-4-2/h18,20,28,30,87-88,92-93H,3-17,19,21-27,29,31-86H2,1-2H3,(H,91,94)/b20-18-,30-28-. The molecule has 0 aliphatic carbocycles. The van der Waals surface area contributed by atoms with Gasteiger partial charge in [0.2, 0.25) is 5.91 Å². The highest BCUT2D eigenvalue weighted by molar-refractivity contribution is 5.76. The number of amides is 1. The number of carbonyl (C=O) groups is 2. The average molecular weight is 1350 g/mol. The second-order valence-electron chi connectivity index (χ2n) is 30.9. The van der Waals surface area contributed by atoms with Crippen molar-refractivity contribution in [3.63, 3.8) is 0 Å². The summed E-state index contributed by atoms with van der Waals surface area (Å²) in [5, 5.41) is 23.5. The summed E-state index contributed by atoms with van der Waals surface area (Å²) >= 11 is 0. The number of esters is 1. The molecule has 96 heavy (non-hydrogen) atoms. The number of aliphatic hydroxyl groups excluding tert-OH is 2. The van der Waals surface area contributed by atoms with E-state index in [-0.39, 0.29) is 18.5 Å². The van der Waals surface area contributed by atoms with E-state index in [0.717, 1.165) is 38.5 Å². The molecule has 0 aromatic carbocycles. The molecule has 0 fully saturated rings. The van der Waals surface area contributed by atoms with Gasteiger partial charge in [0.15, 0.2) is 0 Å². The number of ether oxygens (including phenoxy) is 1. The van der Waals surface area contributed by atoms with Crippen molar-refractivity contribution in [3.05, 3.63) is 24.3 Å². The highest BCUT2D eigenvalue weighted by Crippen LogP contribution is 2.21. The molecule has 0 aliphatic heterocycles. The van der Waals surface area contributed by atoms with Crippen LogP contribution in [0.3, 0.4) is 0 Å². The van der Waals surface area contributed by atoms with Crippen LogP contribution >= 0.6 is 0 Å². The van der Waals surface area contributed by atoms with Crippen molar-refractivity contribution in [3.8, 4) is 0 Å². The third kappa shape index (κ3) is 81.3. The predicted octanol–water partition coefficient (Wildman–Crippen LogP) is 29.9. The number of hydrogen-bond donors (Lipinski definition) is 3. The van der Waals surface area contributed by atoms with Gasteiger partial charge in [-0.3, -0.25) is 9.59 Å². The van der Waals surface area contributed by atoms with Crippen LogP contribution in [0.15, 0.2) is 24.3 Å². The molecule has 0 bridgehead atoms. The van der Waals surface area contributed by atoms with E-state index in [4.69, 9.17) is 4.74 Å². The van der Waals surface area contributed by atoms with Crippen LogP contribution in [0.4, 0.5) is 0 Å². The summed E-state index contributed by atoms with van der Waals surface area (Å²) in [4.78, 5) is 24.7. The van der Waals surface area contributed by atoms with Crippen LogP contribution in [-0.4, -0.2) is 47.4 Å². The van der Waals surface area contributed by atoms with E-state index in [1.807, 2.05) is 0 Å².